The molecule has 1 atom stereocenters. The number of unbranched alkanes of at least 4 members (excludes halogenated alkanes) is 14. The Kier molecular flexibility index (Phi) is 15.6. The van der Waals surface area contributed by atoms with Crippen LogP contribution >= 0.6 is 0 Å². The van der Waals surface area contributed by atoms with Gasteiger partial charge in [0.15, 0.2) is 11.2 Å². The first-order valence-corrected chi connectivity index (χ1v) is 14.5. The Hall–Kier alpha value is -2.42. The molecule has 2 rings (SSSR count). The fourth-order valence-corrected chi connectivity index (χ4v) is 4.69. The zero-order valence-electron chi connectivity index (χ0n) is 22.9. The quantitative estimate of drug-likeness (QED) is 0.117. The molecule has 0 bridgehead atoms. The van der Waals surface area contributed by atoms with Crippen molar-refractivity contribution in [1.29, 1.82) is 0 Å². The molecular weight excluding hydrogens is 470 g/mol. The molecule has 5 N–H and O–H groups in total. The molecule has 0 spiro atoms. The van der Waals surface area contributed by atoms with Crippen molar-refractivity contribution in [3.8, 4) is 0 Å². The molecular formula is C28H49N5O4. The minimum absolute atomic E-state index is 0.00944. The number of aromatic nitrogens is 4. The number of esters is 1. The van der Waals surface area contributed by atoms with Crippen LogP contribution in [0.25, 0.3) is 11.2 Å². The van der Waals surface area contributed by atoms with Gasteiger partial charge in [0.2, 0.25) is 5.95 Å². The van der Waals surface area contributed by atoms with Crippen molar-refractivity contribution in [3.63, 3.8) is 0 Å². The molecule has 0 fully saturated rings. The van der Waals surface area contributed by atoms with E-state index in [4.69, 9.17) is 10.5 Å². The van der Waals surface area contributed by atoms with Gasteiger partial charge in [-0.15, -0.1) is 0 Å². The van der Waals surface area contributed by atoms with Crippen LogP contribution in [0.2, 0.25) is 0 Å². The van der Waals surface area contributed by atoms with E-state index in [0.29, 0.717) is 25.1 Å². The van der Waals surface area contributed by atoms with Gasteiger partial charge in [-0.2, -0.15) is 4.98 Å². The lowest BCUT2D eigenvalue weighted by atomic mass is 10.0. The second kappa shape index (κ2) is 18.8. The number of aliphatic hydroxyl groups excluding tert-OH is 1. The number of rotatable bonds is 22. The average Bonchev–Trinajstić information content (AvgIpc) is 3.27. The smallest absolute Gasteiger partial charge is 0.305 e. The third-order valence-corrected chi connectivity index (χ3v) is 6.91. The molecule has 0 aliphatic heterocycles. The summed E-state index contributed by atoms with van der Waals surface area (Å²) in [6.07, 6.45) is 20.7. The van der Waals surface area contributed by atoms with Gasteiger partial charge < -0.3 is 20.6 Å². The SMILES string of the molecule is CCCCCCCCCCCCCCCCCC(=O)OC[C@@H](CCO)Cc1nc2nc(N)[nH]c(=O)c2[nH]1. The second-order valence-corrected chi connectivity index (χ2v) is 10.3. The third kappa shape index (κ3) is 13.1. The summed E-state index contributed by atoms with van der Waals surface area (Å²) in [6.45, 7) is 2.45. The van der Waals surface area contributed by atoms with Crippen LogP contribution in [0.1, 0.15) is 122 Å². The highest BCUT2D eigenvalue weighted by atomic mass is 16.5. The number of ether oxygens (including phenoxy) is 1. The van der Waals surface area contributed by atoms with Gasteiger partial charge in [-0.05, 0) is 12.8 Å². The highest BCUT2D eigenvalue weighted by Crippen LogP contribution is 2.16. The maximum Gasteiger partial charge on any atom is 0.305 e. The Bertz CT molecular complexity index is 942. The Balaban J connectivity index is 1.50. The van der Waals surface area contributed by atoms with Gasteiger partial charge in [-0.25, -0.2) is 4.98 Å². The number of nitrogens with zero attached hydrogens (tertiary/aromatic N) is 2. The molecule has 210 valence electrons. The van der Waals surface area contributed by atoms with E-state index in [1.807, 2.05) is 0 Å². The zero-order valence-corrected chi connectivity index (χ0v) is 22.9. The zero-order chi connectivity index (χ0) is 26.7. The molecule has 0 amide bonds. The first-order valence-electron chi connectivity index (χ1n) is 14.5. The average molecular weight is 520 g/mol. The molecule has 37 heavy (non-hydrogen) atoms. The summed E-state index contributed by atoms with van der Waals surface area (Å²) in [5.41, 5.74) is 5.70. The van der Waals surface area contributed by atoms with E-state index in [2.05, 4.69) is 26.9 Å². The molecule has 9 heteroatoms. The highest BCUT2D eigenvalue weighted by Gasteiger charge is 2.16. The number of nitrogens with one attached hydrogen (secondary N) is 2. The van der Waals surface area contributed by atoms with Crippen LogP contribution in [-0.2, 0) is 16.0 Å². The molecule has 0 radical (unpaired) electrons. The minimum atomic E-state index is -0.380. The summed E-state index contributed by atoms with van der Waals surface area (Å²) < 4.78 is 5.47. The van der Waals surface area contributed by atoms with E-state index in [1.54, 1.807) is 0 Å². The minimum Gasteiger partial charge on any atom is -0.465 e. The van der Waals surface area contributed by atoms with Gasteiger partial charge in [0, 0.05) is 25.4 Å². The molecule has 2 aromatic heterocycles. The molecule has 9 nitrogen and oxygen atoms in total. The molecule has 2 aromatic rings. The van der Waals surface area contributed by atoms with Crippen LogP contribution < -0.4 is 11.3 Å². The number of aromatic amines is 2. The van der Waals surface area contributed by atoms with E-state index in [-0.39, 0.29) is 47.8 Å². The topological polar surface area (TPSA) is 147 Å². The van der Waals surface area contributed by atoms with Gasteiger partial charge in [0.05, 0.1) is 6.61 Å². The van der Waals surface area contributed by atoms with E-state index >= 15 is 0 Å². The predicted molar refractivity (Wildman–Crippen MR) is 148 cm³/mol. The molecule has 0 saturated carbocycles. The van der Waals surface area contributed by atoms with Crippen LogP contribution in [0, 0.1) is 5.92 Å². The maximum atomic E-state index is 12.2. The third-order valence-electron chi connectivity index (χ3n) is 6.91. The number of hydrogen-bond acceptors (Lipinski definition) is 7. The van der Waals surface area contributed by atoms with Crippen molar-refractivity contribution in [2.24, 2.45) is 5.92 Å². The van der Waals surface area contributed by atoms with Gasteiger partial charge in [0.25, 0.3) is 5.56 Å². The summed E-state index contributed by atoms with van der Waals surface area (Å²) in [5.74, 6) is 0.255. The number of hydrogen-bond donors (Lipinski definition) is 4. The van der Waals surface area contributed by atoms with E-state index in [0.717, 1.165) is 12.8 Å². The van der Waals surface area contributed by atoms with Crippen molar-refractivity contribution in [2.45, 2.75) is 122 Å². The lowest BCUT2D eigenvalue weighted by Gasteiger charge is -2.14. The van der Waals surface area contributed by atoms with Gasteiger partial charge in [-0.3, -0.25) is 14.6 Å². The van der Waals surface area contributed by atoms with Crippen molar-refractivity contribution < 1.29 is 14.6 Å². The van der Waals surface area contributed by atoms with Crippen molar-refractivity contribution in [3.05, 3.63) is 16.2 Å². The number of nitrogens with two attached hydrogens (primary N) is 1. The predicted octanol–water partition coefficient (Wildman–Crippen LogP) is 5.57. The van der Waals surface area contributed by atoms with Crippen LogP contribution in [0.5, 0.6) is 0 Å². The van der Waals surface area contributed by atoms with E-state index in [1.165, 1.54) is 83.5 Å². The number of aliphatic hydroxyl groups is 1. The standard InChI is InChI=1S/C28H49N5O4/c1-2-3-4-5-6-7-8-9-10-11-12-13-14-15-16-17-24(35)37-21-22(18-19-34)20-23-30-25-26(31-23)32-28(29)33-27(25)36/h22,34H,2-21H2,1H3,(H4,29,30,31,32,33,36)/t22-/m0/s1. The Morgan fingerprint density at radius 1 is 0.892 bits per heavy atom. The number of carbonyl (C=O) groups is 1. The molecule has 0 aliphatic carbocycles. The van der Waals surface area contributed by atoms with Crippen LogP contribution in [0.4, 0.5) is 5.95 Å². The lowest BCUT2D eigenvalue weighted by Crippen LogP contribution is -2.18. The van der Waals surface area contributed by atoms with E-state index < -0.39 is 0 Å². The molecule has 0 unspecified atom stereocenters. The number of H-pyrrole nitrogens is 2. The fraction of sp³-hybridized carbons (Fsp3) is 0.786. The summed E-state index contributed by atoms with van der Waals surface area (Å²) >= 11 is 0. The molecule has 2 heterocycles. The van der Waals surface area contributed by atoms with Crippen molar-refractivity contribution in [1.82, 2.24) is 19.9 Å². The summed E-state index contributed by atoms with van der Waals surface area (Å²) in [6, 6.07) is 0. The lowest BCUT2D eigenvalue weighted by molar-refractivity contribution is -0.145. The van der Waals surface area contributed by atoms with Crippen LogP contribution in [0.3, 0.4) is 0 Å². The van der Waals surface area contributed by atoms with Gasteiger partial charge in [0.1, 0.15) is 5.82 Å². The first kappa shape index (κ1) is 30.8. The highest BCUT2D eigenvalue weighted by molar-refractivity contribution is 5.70. The van der Waals surface area contributed by atoms with Crippen molar-refractivity contribution in [2.75, 3.05) is 18.9 Å². The first-order chi connectivity index (χ1) is 18.0. The number of nitrogen functional groups attached to an aromatic ring is 1. The monoisotopic (exact) mass is 519 g/mol. The van der Waals surface area contributed by atoms with Crippen molar-refractivity contribution >= 4 is 23.1 Å². The molecule has 0 aromatic carbocycles. The summed E-state index contributed by atoms with van der Waals surface area (Å²) in [7, 11) is 0. The van der Waals surface area contributed by atoms with Crippen LogP contribution in [-0.4, -0.2) is 44.2 Å². The largest absolute Gasteiger partial charge is 0.465 e. The Morgan fingerprint density at radius 3 is 2.03 bits per heavy atom. The van der Waals surface area contributed by atoms with E-state index in [9.17, 15) is 14.7 Å². The van der Waals surface area contributed by atoms with Gasteiger partial charge >= 0.3 is 5.97 Å². The summed E-state index contributed by atoms with van der Waals surface area (Å²) in [5, 5.41) is 9.40. The number of fused-ring (bicyclic) bond motifs is 1. The normalized spacial score (nSPS) is 12.3. The Morgan fingerprint density at radius 2 is 1.46 bits per heavy atom. The van der Waals surface area contributed by atoms with Crippen LogP contribution in [0.15, 0.2) is 4.79 Å². The summed E-state index contributed by atoms with van der Waals surface area (Å²) in [4.78, 5) is 37.9. The molecule has 0 aliphatic rings. The number of anilines is 1. The number of carbonyl (C=O) groups excluding carboxylic acids is 1. The fourth-order valence-electron chi connectivity index (χ4n) is 4.69. The maximum absolute atomic E-state index is 12.2. The Labute approximate surface area is 221 Å². The van der Waals surface area contributed by atoms with Gasteiger partial charge in [-0.1, -0.05) is 96.8 Å². The number of imidazole rings is 1. The second-order valence-electron chi connectivity index (χ2n) is 10.3. The molecule has 0 saturated heterocycles.